The Labute approximate surface area is 82.8 Å². The third-order valence-corrected chi connectivity index (χ3v) is 1.99. The summed E-state index contributed by atoms with van der Waals surface area (Å²) in [6.07, 6.45) is 2.85. The first kappa shape index (κ1) is 8.75. The van der Waals surface area contributed by atoms with Gasteiger partial charge in [-0.25, -0.2) is 9.67 Å². The highest BCUT2D eigenvalue weighted by Crippen LogP contribution is 2.07. The fourth-order valence-corrected chi connectivity index (χ4v) is 1.31. The van der Waals surface area contributed by atoms with E-state index in [2.05, 4.69) is 25.6 Å². The van der Waals surface area contributed by atoms with Gasteiger partial charge in [-0.15, -0.1) is 10.2 Å². The second kappa shape index (κ2) is 3.92. The summed E-state index contributed by atoms with van der Waals surface area (Å²) in [4.78, 5) is 15.0. The van der Waals surface area contributed by atoms with Crippen LogP contribution in [0.5, 0.6) is 0 Å². The van der Waals surface area contributed by atoms with Gasteiger partial charge in [-0.2, -0.15) is 5.10 Å². The van der Waals surface area contributed by atoms with Gasteiger partial charge in [0.25, 0.3) is 0 Å². The molecule has 0 spiro atoms. The van der Waals surface area contributed by atoms with Crippen molar-refractivity contribution in [2.75, 3.05) is 5.32 Å². The number of amides is 1. The zero-order chi connectivity index (χ0) is 9.80. The van der Waals surface area contributed by atoms with Crippen LogP contribution in [0.3, 0.4) is 0 Å². The van der Waals surface area contributed by atoms with Crippen molar-refractivity contribution < 1.29 is 4.79 Å². The first-order valence-corrected chi connectivity index (χ1v) is 4.61. The molecule has 14 heavy (non-hydrogen) atoms. The molecule has 2 heterocycles. The molecule has 1 N–H and O–H groups in total. The van der Waals surface area contributed by atoms with Gasteiger partial charge in [0.1, 0.15) is 24.7 Å². The molecule has 0 aliphatic rings. The summed E-state index contributed by atoms with van der Waals surface area (Å²) in [5, 5.41) is 14.1. The third-order valence-electron chi connectivity index (χ3n) is 1.38. The molecule has 2 aromatic rings. The lowest BCUT2D eigenvalue weighted by Gasteiger charge is -1.99. The Morgan fingerprint density at radius 2 is 2.57 bits per heavy atom. The van der Waals surface area contributed by atoms with Crippen LogP contribution in [0.2, 0.25) is 0 Å². The average Bonchev–Trinajstić information content (AvgIpc) is 2.76. The van der Waals surface area contributed by atoms with Crippen LogP contribution in [-0.2, 0) is 11.3 Å². The number of rotatable bonds is 3. The Kier molecular flexibility index (Phi) is 2.45. The Morgan fingerprint density at radius 1 is 1.64 bits per heavy atom. The van der Waals surface area contributed by atoms with Crippen LogP contribution in [0.4, 0.5) is 5.13 Å². The molecule has 0 saturated heterocycles. The van der Waals surface area contributed by atoms with Crippen LogP contribution < -0.4 is 5.32 Å². The molecular formula is C6H6N6OS. The molecule has 0 radical (unpaired) electrons. The van der Waals surface area contributed by atoms with Gasteiger partial charge in [0.2, 0.25) is 11.0 Å². The standard InChI is InChI=1S/C6H6N6OS/c13-5(1-12-3-7-2-9-12)10-6-11-8-4-14-6/h2-4H,1H2,(H,10,11,13). The van der Waals surface area contributed by atoms with E-state index in [1.807, 2.05) is 0 Å². The number of anilines is 1. The lowest BCUT2D eigenvalue weighted by molar-refractivity contribution is -0.116. The van der Waals surface area contributed by atoms with Crippen molar-refractivity contribution in [1.29, 1.82) is 0 Å². The van der Waals surface area contributed by atoms with Crippen molar-refractivity contribution in [3.63, 3.8) is 0 Å². The zero-order valence-electron chi connectivity index (χ0n) is 6.99. The molecule has 72 valence electrons. The monoisotopic (exact) mass is 210 g/mol. The third kappa shape index (κ3) is 2.10. The summed E-state index contributed by atoms with van der Waals surface area (Å²) >= 11 is 1.26. The summed E-state index contributed by atoms with van der Waals surface area (Å²) < 4.78 is 1.43. The summed E-state index contributed by atoms with van der Waals surface area (Å²) in [6.45, 7) is 0.125. The zero-order valence-corrected chi connectivity index (χ0v) is 7.81. The predicted octanol–water partition coefficient (Wildman–Crippen LogP) is -0.232. The Balaban J connectivity index is 1.91. The van der Waals surface area contributed by atoms with E-state index in [1.54, 1.807) is 5.51 Å². The van der Waals surface area contributed by atoms with Crippen LogP contribution in [0.1, 0.15) is 0 Å². The summed E-state index contributed by atoms with van der Waals surface area (Å²) in [5.74, 6) is -0.202. The number of carbonyl (C=O) groups excluding carboxylic acids is 1. The van der Waals surface area contributed by atoms with Crippen molar-refractivity contribution in [3.05, 3.63) is 18.2 Å². The number of carbonyl (C=O) groups is 1. The molecule has 7 nitrogen and oxygen atoms in total. The lowest BCUT2D eigenvalue weighted by Crippen LogP contribution is -2.18. The fourth-order valence-electron chi connectivity index (χ4n) is 0.848. The largest absolute Gasteiger partial charge is 0.299 e. The van der Waals surface area contributed by atoms with Crippen LogP contribution in [-0.4, -0.2) is 30.9 Å². The Hall–Kier alpha value is -1.83. The molecule has 1 amide bonds. The number of hydrogen-bond donors (Lipinski definition) is 1. The summed E-state index contributed by atoms with van der Waals surface area (Å²) in [6, 6.07) is 0. The highest BCUT2D eigenvalue weighted by Gasteiger charge is 2.05. The second-order valence-electron chi connectivity index (χ2n) is 2.39. The lowest BCUT2D eigenvalue weighted by atomic mass is 10.6. The molecule has 0 aliphatic heterocycles. The number of aromatic nitrogens is 5. The number of nitrogens with one attached hydrogen (secondary N) is 1. The fraction of sp³-hybridized carbons (Fsp3) is 0.167. The molecule has 0 bridgehead atoms. The van der Waals surface area contributed by atoms with Crippen molar-refractivity contribution >= 4 is 22.4 Å². The van der Waals surface area contributed by atoms with E-state index < -0.39 is 0 Å². The molecule has 0 unspecified atom stereocenters. The second-order valence-corrected chi connectivity index (χ2v) is 3.22. The van der Waals surface area contributed by atoms with E-state index in [9.17, 15) is 4.79 Å². The minimum atomic E-state index is -0.202. The normalized spacial score (nSPS) is 10.0. The maximum atomic E-state index is 11.3. The highest BCUT2D eigenvalue weighted by atomic mass is 32.1. The molecular weight excluding hydrogens is 204 g/mol. The van der Waals surface area contributed by atoms with Crippen molar-refractivity contribution in [2.24, 2.45) is 0 Å². The van der Waals surface area contributed by atoms with Crippen molar-refractivity contribution in [1.82, 2.24) is 25.0 Å². The molecule has 8 heteroatoms. The van der Waals surface area contributed by atoms with Crippen LogP contribution in [0.15, 0.2) is 18.2 Å². The van der Waals surface area contributed by atoms with E-state index in [-0.39, 0.29) is 12.5 Å². The topological polar surface area (TPSA) is 85.6 Å². The van der Waals surface area contributed by atoms with E-state index in [4.69, 9.17) is 0 Å². The van der Waals surface area contributed by atoms with Gasteiger partial charge in [0.15, 0.2) is 0 Å². The van der Waals surface area contributed by atoms with Gasteiger partial charge < -0.3 is 0 Å². The van der Waals surface area contributed by atoms with Crippen molar-refractivity contribution in [3.8, 4) is 0 Å². The summed E-state index contributed by atoms with van der Waals surface area (Å²) in [5.41, 5.74) is 1.55. The van der Waals surface area contributed by atoms with Crippen molar-refractivity contribution in [2.45, 2.75) is 6.54 Å². The molecule has 0 saturated carbocycles. The van der Waals surface area contributed by atoms with Gasteiger partial charge >= 0.3 is 0 Å². The van der Waals surface area contributed by atoms with Gasteiger partial charge in [-0.3, -0.25) is 10.1 Å². The Bertz CT molecular complexity index is 358. The van der Waals surface area contributed by atoms with E-state index in [1.165, 1.54) is 28.7 Å². The molecule has 0 aromatic carbocycles. The molecule has 2 rings (SSSR count). The molecule has 0 fully saturated rings. The van der Waals surface area contributed by atoms with E-state index in [0.717, 1.165) is 0 Å². The highest BCUT2D eigenvalue weighted by molar-refractivity contribution is 7.13. The van der Waals surface area contributed by atoms with Gasteiger partial charge in [-0.05, 0) is 0 Å². The maximum absolute atomic E-state index is 11.3. The van der Waals surface area contributed by atoms with Crippen LogP contribution in [0.25, 0.3) is 0 Å². The maximum Gasteiger partial charge on any atom is 0.247 e. The molecule has 2 aromatic heterocycles. The summed E-state index contributed by atoms with van der Waals surface area (Å²) in [7, 11) is 0. The molecule has 0 atom stereocenters. The van der Waals surface area contributed by atoms with Gasteiger partial charge in [0, 0.05) is 0 Å². The predicted molar refractivity (Wildman–Crippen MR) is 48.6 cm³/mol. The van der Waals surface area contributed by atoms with E-state index in [0.29, 0.717) is 5.13 Å². The SMILES string of the molecule is O=C(Cn1cncn1)Nc1nncs1. The van der Waals surface area contributed by atoms with Crippen LogP contribution in [0, 0.1) is 0 Å². The van der Waals surface area contributed by atoms with Gasteiger partial charge in [0.05, 0.1) is 0 Å². The smallest absolute Gasteiger partial charge is 0.247 e. The quantitative estimate of drug-likeness (QED) is 0.756. The average molecular weight is 210 g/mol. The minimum Gasteiger partial charge on any atom is -0.299 e. The molecule has 0 aliphatic carbocycles. The van der Waals surface area contributed by atoms with Gasteiger partial charge in [-0.1, -0.05) is 11.3 Å². The first-order valence-electron chi connectivity index (χ1n) is 3.73. The van der Waals surface area contributed by atoms with Crippen LogP contribution >= 0.6 is 11.3 Å². The van der Waals surface area contributed by atoms with E-state index >= 15 is 0 Å². The first-order chi connectivity index (χ1) is 6.84. The minimum absolute atomic E-state index is 0.125. The number of nitrogens with zero attached hydrogens (tertiary/aromatic N) is 5. The number of hydrogen-bond acceptors (Lipinski definition) is 6. The Morgan fingerprint density at radius 3 is 3.21 bits per heavy atom.